The number of phenolic OH excluding ortho intramolecular Hbond substituents is 1. The van der Waals surface area contributed by atoms with E-state index in [-0.39, 0.29) is 76.3 Å². The molecule has 2 heteroatoms. The summed E-state index contributed by atoms with van der Waals surface area (Å²) in [5.41, 5.74) is 8.97. The molecule has 1 aliphatic heterocycles. The van der Waals surface area contributed by atoms with Gasteiger partial charge >= 0.3 is 0 Å². The molecule has 1 saturated carbocycles. The fourth-order valence-corrected chi connectivity index (χ4v) is 7.12. The van der Waals surface area contributed by atoms with Crippen LogP contribution in [0.3, 0.4) is 0 Å². The summed E-state index contributed by atoms with van der Waals surface area (Å²) < 4.78 is 6.07. The quantitative estimate of drug-likeness (QED) is 0.283. The molecule has 2 unspecified atom stereocenters. The second-order valence-corrected chi connectivity index (χ2v) is 16.8. The summed E-state index contributed by atoms with van der Waals surface area (Å²) in [7, 11) is 0. The summed E-state index contributed by atoms with van der Waals surface area (Å²) in [5.74, 6) is 3.15. The van der Waals surface area contributed by atoms with Crippen LogP contribution in [0.15, 0.2) is 48.6 Å². The van der Waals surface area contributed by atoms with Gasteiger partial charge in [0.05, 0.1) is 6.10 Å². The van der Waals surface area contributed by atoms with Gasteiger partial charge in [-0.05, 0) is 152 Å². The molecule has 334 valence electrons. The molecular formula is C54H106O2. The van der Waals surface area contributed by atoms with E-state index in [1.54, 1.807) is 0 Å². The Balaban J connectivity index is -0.000000126. The van der Waals surface area contributed by atoms with Crippen LogP contribution in [-0.4, -0.2) is 11.7 Å². The maximum Gasteiger partial charge on any atom is 0.123 e. The summed E-state index contributed by atoms with van der Waals surface area (Å²) in [6.45, 7) is 29.2. The molecule has 2 aliphatic rings. The lowest BCUT2D eigenvalue weighted by molar-refractivity contribution is -0.0125. The van der Waals surface area contributed by atoms with E-state index in [1.807, 2.05) is 0 Å². The summed E-state index contributed by atoms with van der Waals surface area (Å²) in [6.07, 6.45) is 22.1. The minimum absolute atomic E-state index is 0. The molecule has 1 N–H and O–H groups in total. The minimum Gasteiger partial charge on any atom is -0.507 e. The molecular weight excluding hydrogens is 681 g/mol. The van der Waals surface area contributed by atoms with Crippen molar-refractivity contribution in [3.05, 3.63) is 87.5 Å². The second kappa shape index (κ2) is 32.6. The maximum atomic E-state index is 10.8. The molecule has 0 aromatic heterocycles. The maximum absolute atomic E-state index is 10.8. The number of hydrogen-bond donors (Lipinski definition) is 1. The van der Waals surface area contributed by atoms with Gasteiger partial charge in [-0.2, -0.15) is 0 Å². The van der Waals surface area contributed by atoms with Crippen LogP contribution in [0.5, 0.6) is 5.75 Å². The van der Waals surface area contributed by atoms with Crippen LogP contribution in [0, 0.1) is 31.6 Å². The molecule has 0 amide bonds. The van der Waals surface area contributed by atoms with E-state index in [4.69, 9.17) is 4.74 Å². The van der Waals surface area contributed by atoms with Crippen LogP contribution in [0.2, 0.25) is 0 Å². The Morgan fingerprint density at radius 1 is 0.661 bits per heavy atom. The van der Waals surface area contributed by atoms with Gasteiger partial charge in [0.25, 0.3) is 0 Å². The summed E-state index contributed by atoms with van der Waals surface area (Å²) in [5, 5.41) is 10.8. The normalized spacial score (nSPS) is 18.7. The predicted octanol–water partition coefficient (Wildman–Crippen LogP) is 18.7. The monoisotopic (exact) mass is 787 g/mol. The number of aryl methyl sites for hydroxylation is 1. The van der Waals surface area contributed by atoms with Gasteiger partial charge in [-0.1, -0.05) is 177 Å². The van der Waals surface area contributed by atoms with Crippen molar-refractivity contribution in [1.29, 1.82) is 0 Å². The standard InChI is InChI=1S/C20H32O2.C14H20.C12H22.8CH4/c1-13-8-9-17(22-12-13)14-10-15(19(2,3)4)18(21)16(11-14)20(5,6)7;1-5-7-8-14-10-9-13(6-2)11(3)12(14)4;1-3-5-6-12-9-7-11(4-2)8-10-12;;;;;;;;/h10-11,13,17,21H,8-9,12H2,1-7H3;5,7,9-10H,6,8H2,1-4H3;3,5,11-12H,4,6-10H2,1-2H3;8*1H4/b;7-5+;5-3+;;;;;;;;. The number of hydrogen-bond acceptors (Lipinski definition) is 2. The van der Waals surface area contributed by atoms with Crippen molar-refractivity contribution in [3.8, 4) is 5.75 Å². The molecule has 2 fully saturated rings. The van der Waals surface area contributed by atoms with Gasteiger partial charge in [0, 0.05) is 6.61 Å². The van der Waals surface area contributed by atoms with Crippen molar-refractivity contribution in [2.45, 2.75) is 231 Å². The Kier molecular flexibility index (Phi) is 39.8. The molecule has 0 bridgehead atoms. The highest BCUT2D eigenvalue weighted by Gasteiger charge is 2.29. The van der Waals surface area contributed by atoms with Crippen LogP contribution in [-0.2, 0) is 28.4 Å². The number of rotatable bonds is 7. The van der Waals surface area contributed by atoms with Crippen LogP contribution >= 0.6 is 0 Å². The van der Waals surface area contributed by atoms with E-state index < -0.39 is 0 Å². The van der Waals surface area contributed by atoms with Crippen molar-refractivity contribution in [2.24, 2.45) is 17.8 Å². The van der Waals surface area contributed by atoms with Gasteiger partial charge in [-0.15, -0.1) is 0 Å². The van der Waals surface area contributed by atoms with Gasteiger partial charge in [0.2, 0.25) is 0 Å². The zero-order chi connectivity index (χ0) is 36.1. The zero-order valence-electron chi connectivity index (χ0n) is 33.6. The van der Waals surface area contributed by atoms with Crippen molar-refractivity contribution < 1.29 is 9.84 Å². The van der Waals surface area contributed by atoms with Gasteiger partial charge in [0.1, 0.15) is 5.75 Å². The first-order chi connectivity index (χ1) is 22.6. The van der Waals surface area contributed by atoms with E-state index in [9.17, 15) is 5.11 Å². The third-order valence-electron chi connectivity index (χ3n) is 10.8. The third-order valence-corrected chi connectivity index (χ3v) is 10.8. The molecule has 56 heavy (non-hydrogen) atoms. The smallest absolute Gasteiger partial charge is 0.123 e. The van der Waals surface area contributed by atoms with Crippen LogP contribution in [0.1, 0.15) is 232 Å². The van der Waals surface area contributed by atoms with Crippen molar-refractivity contribution in [2.75, 3.05) is 6.61 Å². The molecule has 4 rings (SSSR count). The van der Waals surface area contributed by atoms with E-state index in [2.05, 4.69) is 139 Å². The topological polar surface area (TPSA) is 29.5 Å². The SMILES string of the molecule is C.C.C.C.C.C.C.C.C/C=C/CC1CCC(CC)CC1.C/C=C/Cc1ccc(CC)c(C)c1C.CC1CCC(c2cc(C(C)(C)C)c(O)c(C(C)(C)C)c2)OC1. The molecule has 1 aliphatic carbocycles. The summed E-state index contributed by atoms with van der Waals surface area (Å²) in [4.78, 5) is 0. The lowest BCUT2D eigenvalue weighted by Gasteiger charge is -2.32. The summed E-state index contributed by atoms with van der Waals surface area (Å²) >= 11 is 0. The second-order valence-electron chi connectivity index (χ2n) is 16.8. The highest BCUT2D eigenvalue weighted by Crippen LogP contribution is 2.43. The Morgan fingerprint density at radius 2 is 1.11 bits per heavy atom. The first-order valence-corrected chi connectivity index (χ1v) is 19.4. The molecule has 2 nitrogen and oxygen atoms in total. The Morgan fingerprint density at radius 3 is 1.50 bits per heavy atom. The van der Waals surface area contributed by atoms with Crippen molar-refractivity contribution in [3.63, 3.8) is 0 Å². The molecule has 0 radical (unpaired) electrons. The van der Waals surface area contributed by atoms with Gasteiger partial charge in [-0.25, -0.2) is 0 Å². The van der Waals surface area contributed by atoms with Gasteiger partial charge in [0.15, 0.2) is 0 Å². The number of benzene rings is 2. The Labute approximate surface area is 356 Å². The molecule has 2 aromatic carbocycles. The number of allylic oxidation sites excluding steroid dienone is 4. The van der Waals surface area contributed by atoms with Crippen molar-refractivity contribution in [1.82, 2.24) is 0 Å². The Hall–Kier alpha value is -2.32. The third kappa shape index (κ3) is 21.4. The molecule has 1 saturated heterocycles. The van der Waals surface area contributed by atoms with Gasteiger partial charge < -0.3 is 9.84 Å². The zero-order valence-corrected chi connectivity index (χ0v) is 33.6. The average Bonchev–Trinajstić information content (AvgIpc) is 3.05. The first-order valence-electron chi connectivity index (χ1n) is 19.4. The number of ether oxygens (including phenoxy) is 1. The fourth-order valence-electron chi connectivity index (χ4n) is 7.12. The molecule has 2 aromatic rings. The first kappa shape index (κ1) is 68.4. The minimum atomic E-state index is -0.0813. The molecule has 1 heterocycles. The largest absolute Gasteiger partial charge is 0.507 e. The highest BCUT2D eigenvalue weighted by molar-refractivity contribution is 5.50. The van der Waals surface area contributed by atoms with E-state index in [0.717, 1.165) is 48.8 Å². The van der Waals surface area contributed by atoms with Crippen molar-refractivity contribution >= 4 is 0 Å². The predicted molar refractivity (Wildman–Crippen MR) is 265 cm³/mol. The molecule has 2 atom stereocenters. The van der Waals surface area contributed by atoms with Crippen LogP contribution in [0.25, 0.3) is 0 Å². The summed E-state index contributed by atoms with van der Waals surface area (Å²) in [6, 6.07) is 8.85. The Bertz CT molecular complexity index is 1250. The molecule has 0 spiro atoms. The lowest BCUT2D eigenvalue weighted by Crippen LogP contribution is -2.22. The van der Waals surface area contributed by atoms with E-state index in [1.165, 1.54) is 72.8 Å². The van der Waals surface area contributed by atoms with Crippen LogP contribution < -0.4 is 0 Å². The lowest BCUT2D eigenvalue weighted by atomic mass is 9.77. The van der Waals surface area contributed by atoms with E-state index in [0.29, 0.717) is 11.7 Å². The van der Waals surface area contributed by atoms with E-state index >= 15 is 0 Å². The fraction of sp³-hybridized carbons (Fsp3) is 0.704. The number of aromatic hydroxyl groups is 1. The average molecular weight is 787 g/mol. The highest BCUT2D eigenvalue weighted by atomic mass is 16.5. The number of phenols is 1. The van der Waals surface area contributed by atoms with Crippen LogP contribution in [0.4, 0.5) is 0 Å². The van der Waals surface area contributed by atoms with Gasteiger partial charge in [-0.3, -0.25) is 0 Å².